The van der Waals surface area contributed by atoms with Crippen LogP contribution in [-0.4, -0.2) is 43.2 Å². The van der Waals surface area contributed by atoms with Crippen molar-refractivity contribution >= 4 is 45.6 Å². The first-order chi connectivity index (χ1) is 11.9. The quantitative estimate of drug-likeness (QED) is 0.637. The molecule has 1 fully saturated rings. The van der Waals surface area contributed by atoms with Crippen LogP contribution < -0.4 is 11.0 Å². The highest BCUT2D eigenvalue weighted by Gasteiger charge is 2.46. The maximum atomic E-state index is 12.8. The first-order valence-electron chi connectivity index (χ1n) is 7.60. The number of nitrogens with one attached hydrogen (secondary N) is 1. The van der Waals surface area contributed by atoms with Crippen LogP contribution in [0.25, 0.3) is 5.52 Å². The minimum absolute atomic E-state index is 0.239. The van der Waals surface area contributed by atoms with Crippen molar-refractivity contribution in [3.05, 3.63) is 44.8 Å². The highest BCUT2D eigenvalue weighted by Crippen LogP contribution is 2.29. The molecule has 1 atom stereocenters. The number of rotatable bonds is 3. The summed E-state index contributed by atoms with van der Waals surface area (Å²) in [5.74, 6) is 0. The molecule has 25 heavy (non-hydrogen) atoms. The van der Waals surface area contributed by atoms with E-state index in [1.807, 2.05) is 13.8 Å². The number of hydrogen-bond acceptors (Lipinski definition) is 5. The summed E-state index contributed by atoms with van der Waals surface area (Å²) in [5, 5.41) is 11.2. The second-order valence-corrected chi connectivity index (χ2v) is 7.61. The van der Waals surface area contributed by atoms with Crippen molar-refractivity contribution in [2.75, 3.05) is 0 Å². The van der Waals surface area contributed by atoms with E-state index < -0.39 is 12.7 Å². The average molecular weight is 426 g/mol. The van der Waals surface area contributed by atoms with E-state index in [-0.39, 0.29) is 11.7 Å². The Morgan fingerprint density at radius 2 is 2.32 bits per heavy atom. The van der Waals surface area contributed by atoms with Gasteiger partial charge in [-0.15, -0.1) is 0 Å². The van der Waals surface area contributed by atoms with Crippen molar-refractivity contribution < 1.29 is 9.31 Å². The predicted molar refractivity (Wildman–Crippen MR) is 96.2 cm³/mol. The third kappa shape index (κ3) is 2.82. The molecule has 1 unspecified atom stereocenters. The van der Waals surface area contributed by atoms with Gasteiger partial charge in [0.2, 0.25) is 0 Å². The molecule has 8 nitrogen and oxygen atoms in total. The summed E-state index contributed by atoms with van der Waals surface area (Å²) in [4.78, 5) is 12.8. The van der Waals surface area contributed by atoms with Gasteiger partial charge < -0.3 is 9.31 Å². The lowest BCUT2D eigenvalue weighted by molar-refractivity contribution is 0.0609. The number of H-pyrrole nitrogens is 1. The van der Waals surface area contributed by atoms with Crippen LogP contribution in [0.4, 0.5) is 0 Å². The van der Waals surface area contributed by atoms with Crippen LogP contribution in [0.15, 0.2) is 34.2 Å². The molecule has 3 aromatic rings. The van der Waals surface area contributed by atoms with E-state index in [9.17, 15) is 4.79 Å². The minimum atomic E-state index is -0.583. The number of aromatic nitrogens is 5. The summed E-state index contributed by atoms with van der Waals surface area (Å²) in [6.07, 6.45) is 6.16. The molecule has 3 aromatic heterocycles. The third-order valence-corrected chi connectivity index (χ3v) is 5.50. The molecule has 0 bridgehead atoms. The van der Waals surface area contributed by atoms with E-state index in [0.29, 0.717) is 21.6 Å². The van der Waals surface area contributed by atoms with Gasteiger partial charge in [0.1, 0.15) is 11.8 Å². The van der Waals surface area contributed by atoms with Gasteiger partial charge in [0.25, 0.3) is 5.56 Å². The second kappa shape index (κ2) is 5.98. The van der Waals surface area contributed by atoms with Gasteiger partial charge in [-0.2, -0.15) is 10.2 Å². The molecule has 4 heterocycles. The fraction of sp³-hybridized carbons (Fsp3) is 0.357. The predicted octanol–water partition coefficient (Wildman–Crippen LogP) is 1.22. The molecule has 1 aliphatic heterocycles. The summed E-state index contributed by atoms with van der Waals surface area (Å²) in [6.45, 7) is 4.15. The van der Waals surface area contributed by atoms with Crippen LogP contribution in [0.1, 0.15) is 13.8 Å². The van der Waals surface area contributed by atoms with E-state index in [1.54, 1.807) is 18.6 Å². The summed E-state index contributed by atoms with van der Waals surface area (Å²) in [5.41, 5.74) is 0.297. The Kier molecular flexibility index (Phi) is 4.02. The molecule has 4 rings (SSSR count). The Hall–Kier alpha value is -1.62. The molecular formula is C14H14BBrClN5O3. The van der Waals surface area contributed by atoms with E-state index in [2.05, 4.69) is 31.2 Å². The molecule has 130 valence electrons. The normalized spacial score (nSPS) is 19.8. The zero-order valence-electron chi connectivity index (χ0n) is 13.4. The van der Waals surface area contributed by atoms with Crippen molar-refractivity contribution in [1.82, 2.24) is 24.4 Å². The number of hydrogen-bond donors (Lipinski definition) is 1. The van der Waals surface area contributed by atoms with Gasteiger partial charge in [-0.05, 0) is 29.8 Å². The SMILES string of the molecule is CC1(C)OB(c2cn[nH]c2)OC1Cn1cnn2cc(Br)c(Cl)c2c1=O. The van der Waals surface area contributed by atoms with Crippen molar-refractivity contribution in [3.8, 4) is 0 Å². The van der Waals surface area contributed by atoms with Crippen molar-refractivity contribution in [3.63, 3.8) is 0 Å². The van der Waals surface area contributed by atoms with Crippen LogP contribution in [0.5, 0.6) is 0 Å². The fourth-order valence-electron chi connectivity index (χ4n) is 2.83. The Morgan fingerprint density at radius 3 is 3.04 bits per heavy atom. The molecule has 1 saturated heterocycles. The summed E-state index contributed by atoms with van der Waals surface area (Å²) >= 11 is 9.50. The lowest BCUT2D eigenvalue weighted by Crippen LogP contribution is -2.39. The van der Waals surface area contributed by atoms with Crippen LogP contribution in [0, 0.1) is 0 Å². The van der Waals surface area contributed by atoms with E-state index in [0.717, 1.165) is 5.46 Å². The molecule has 11 heteroatoms. The average Bonchev–Trinajstić information content (AvgIpc) is 3.23. The molecule has 1 aliphatic rings. The molecule has 0 aromatic carbocycles. The lowest BCUT2D eigenvalue weighted by atomic mass is 9.82. The molecule has 1 N–H and O–H groups in total. The van der Waals surface area contributed by atoms with Gasteiger partial charge in [0.05, 0.1) is 27.7 Å². The Bertz CT molecular complexity index is 986. The second-order valence-electron chi connectivity index (χ2n) is 6.38. The standard InChI is InChI=1S/C14H14BBrClN5O3/c1-14(2)10(24-15(25-14)8-3-18-19-4-8)6-21-7-20-22-5-9(16)11(17)12(22)13(21)23/h3-5,7,10H,6H2,1-2H3,(H,18,19). The Morgan fingerprint density at radius 1 is 1.52 bits per heavy atom. The zero-order valence-corrected chi connectivity index (χ0v) is 15.8. The molecule has 0 aliphatic carbocycles. The summed E-state index contributed by atoms with van der Waals surface area (Å²) < 4.78 is 15.6. The van der Waals surface area contributed by atoms with Crippen molar-refractivity contribution in [2.24, 2.45) is 0 Å². The molecule has 0 amide bonds. The Labute approximate surface area is 156 Å². The number of aromatic amines is 1. The molecule has 0 spiro atoms. The van der Waals surface area contributed by atoms with Crippen molar-refractivity contribution in [1.29, 1.82) is 0 Å². The first kappa shape index (κ1) is 16.8. The Balaban J connectivity index is 1.66. The number of nitrogens with zero attached hydrogens (tertiary/aromatic N) is 4. The van der Waals surface area contributed by atoms with Gasteiger partial charge in [-0.1, -0.05) is 11.6 Å². The van der Waals surface area contributed by atoms with Crippen molar-refractivity contribution in [2.45, 2.75) is 32.1 Å². The lowest BCUT2D eigenvalue weighted by Gasteiger charge is -2.25. The number of fused-ring (bicyclic) bond motifs is 1. The van der Waals surface area contributed by atoms with Crippen LogP contribution in [-0.2, 0) is 15.9 Å². The van der Waals surface area contributed by atoms with E-state index in [1.165, 1.54) is 15.4 Å². The summed E-state index contributed by atoms with van der Waals surface area (Å²) in [7, 11) is -0.530. The molecule has 0 saturated carbocycles. The first-order valence-corrected chi connectivity index (χ1v) is 8.77. The van der Waals surface area contributed by atoms with Crippen LogP contribution in [0.2, 0.25) is 5.02 Å². The summed E-state index contributed by atoms with van der Waals surface area (Å²) in [6, 6.07) is 0. The molecular weight excluding hydrogens is 412 g/mol. The molecule has 0 radical (unpaired) electrons. The van der Waals surface area contributed by atoms with Gasteiger partial charge >= 0.3 is 7.12 Å². The maximum Gasteiger partial charge on any atom is 0.497 e. The minimum Gasteiger partial charge on any atom is -0.400 e. The van der Waals surface area contributed by atoms with Gasteiger partial charge in [0, 0.05) is 24.1 Å². The maximum absolute atomic E-state index is 12.8. The third-order valence-electron chi connectivity index (χ3n) is 4.29. The van der Waals surface area contributed by atoms with Gasteiger partial charge in [0.15, 0.2) is 0 Å². The highest BCUT2D eigenvalue weighted by atomic mass is 79.9. The zero-order chi connectivity index (χ0) is 17.8. The fourth-order valence-corrected chi connectivity index (χ4v) is 3.43. The monoisotopic (exact) mass is 425 g/mol. The smallest absolute Gasteiger partial charge is 0.400 e. The number of halogens is 2. The van der Waals surface area contributed by atoms with E-state index >= 15 is 0 Å². The largest absolute Gasteiger partial charge is 0.497 e. The highest BCUT2D eigenvalue weighted by molar-refractivity contribution is 9.10. The van der Waals surface area contributed by atoms with E-state index in [4.69, 9.17) is 20.9 Å². The van der Waals surface area contributed by atoms with Gasteiger partial charge in [-0.3, -0.25) is 14.5 Å². The van der Waals surface area contributed by atoms with Crippen LogP contribution >= 0.6 is 27.5 Å². The topological polar surface area (TPSA) is 86.4 Å². The van der Waals surface area contributed by atoms with Gasteiger partial charge in [-0.25, -0.2) is 4.52 Å². The van der Waals surface area contributed by atoms with Crippen LogP contribution in [0.3, 0.4) is 0 Å².